The molecule has 0 unspecified atom stereocenters. The molecule has 0 aliphatic carbocycles. The van der Waals surface area contributed by atoms with Gasteiger partial charge in [0.25, 0.3) is 0 Å². The lowest BCUT2D eigenvalue weighted by atomic mass is 9.93. The van der Waals surface area contributed by atoms with E-state index >= 15 is 0 Å². The summed E-state index contributed by atoms with van der Waals surface area (Å²) in [6.07, 6.45) is 7.70. The number of aromatic amines is 1. The van der Waals surface area contributed by atoms with E-state index in [2.05, 4.69) is 36.7 Å². The Labute approximate surface area is 151 Å². The zero-order valence-corrected chi connectivity index (χ0v) is 15.4. The third-order valence-electron chi connectivity index (χ3n) is 4.76. The minimum Gasteiger partial charge on any atom is -0.341 e. The van der Waals surface area contributed by atoms with E-state index in [4.69, 9.17) is 0 Å². The van der Waals surface area contributed by atoms with Gasteiger partial charge in [0.2, 0.25) is 0 Å². The number of thiazole rings is 1. The van der Waals surface area contributed by atoms with Crippen molar-refractivity contribution in [3.8, 4) is 11.5 Å². The number of nitrogens with one attached hydrogen (secondary N) is 1. The maximum absolute atomic E-state index is 4.68. The Morgan fingerprint density at radius 1 is 1.20 bits per heavy atom. The highest BCUT2D eigenvalue weighted by Gasteiger charge is 2.26. The second-order valence-corrected chi connectivity index (χ2v) is 7.58. The zero-order valence-electron chi connectivity index (χ0n) is 14.6. The van der Waals surface area contributed by atoms with Crippen LogP contribution in [0.25, 0.3) is 11.5 Å². The van der Waals surface area contributed by atoms with Crippen LogP contribution in [-0.4, -0.2) is 42.9 Å². The Balaban J connectivity index is 1.56. The molecule has 0 aromatic carbocycles. The van der Waals surface area contributed by atoms with Crippen molar-refractivity contribution in [2.75, 3.05) is 13.1 Å². The largest absolute Gasteiger partial charge is 0.341 e. The summed E-state index contributed by atoms with van der Waals surface area (Å²) in [5.74, 6) is 1.20. The fourth-order valence-electron chi connectivity index (χ4n) is 3.47. The Bertz CT molecular complexity index is 855. The second kappa shape index (κ2) is 7.01. The molecule has 1 aliphatic rings. The molecule has 4 rings (SSSR count). The molecule has 130 valence electrons. The molecular weight excluding hydrogens is 332 g/mol. The summed E-state index contributed by atoms with van der Waals surface area (Å²) in [5, 5.41) is 0. The molecule has 1 saturated heterocycles. The molecule has 6 nitrogen and oxygen atoms in total. The van der Waals surface area contributed by atoms with Crippen molar-refractivity contribution in [2.45, 2.75) is 39.2 Å². The van der Waals surface area contributed by atoms with E-state index in [1.54, 1.807) is 23.7 Å². The highest BCUT2D eigenvalue weighted by Crippen LogP contribution is 2.31. The lowest BCUT2D eigenvalue weighted by Gasteiger charge is -2.32. The van der Waals surface area contributed by atoms with Crippen LogP contribution in [0.3, 0.4) is 0 Å². The summed E-state index contributed by atoms with van der Waals surface area (Å²) in [6, 6.07) is 0. The summed E-state index contributed by atoms with van der Waals surface area (Å²) >= 11 is 1.75. The fourth-order valence-corrected chi connectivity index (χ4v) is 4.28. The average Bonchev–Trinajstić information content (AvgIpc) is 3.24. The number of rotatable bonds is 4. The molecule has 3 aromatic rings. The van der Waals surface area contributed by atoms with E-state index in [0.717, 1.165) is 54.7 Å². The van der Waals surface area contributed by atoms with Crippen LogP contribution >= 0.6 is 11.3 Å². The first-order valence-corrected chi connectivity index (χ1v) is 9.53. The number of piperidine rings is 1. The Morgan fingerprint density at radius 2 is 2.08 bits per heavy atom. The maximum atomic E-state index is 4.68. The van der Waals surface area contributed by atoms with Crippen molar-refractivity contribution >= 4 is 11.3 Å². The van der Waals surface area contributed by atoms with Gasteiger partial charge in [-0.3, -0.25) is 9.88 Å². The van der Waals surface area contributed by atoms with Gasteiger partial charge < -0.3 is 4.98 Å². The van der Waals surface area contributed by atoms with Gasteiger partial charge in [0, 0.05) is 48.2 Å². The van der Waals surface area contributed by atoms with Crippen LogP contribution in [0, 0.1) is 13.8 Å². The summed E-state index contributed by atoms with van der Waals surface area (Å²) in [7, 11) is 0. The summed E-state index contributed by atoms with van der Waals surface area (Å²) in [6.45, 7) is 7.20. The van der Waals surface area contributed by atoms with Gasteiger partial charge in [-0.25, -0.2) is 15.0 Å². The van der Waals surface area contributed by atoms with Crippen LogP contribution in [0.15, 0.2) is 24.1 Å². The predicted molar refractivity (Wildman–Crippen MR) is 98.5 cm³/mol. The zero-order chi connectivity index (χ0) is 17.2. The van der Waals surface area contributed by atoms with Gasteiger partial charge >= 0.3 is 0 Å². The molecule has 0 amide bonds. The average molecular weight is 354 g/mol. The van der Waals surface area contributed by atoms with Crippen molar-refractivity contribution in [3.05, 3.63) is 46.1 Å². The monoisotopic (exact) mass is 354 g/mol. The molecule has 1 N–H and O–H groups in total. The number of aryl methyl sites for hydroxylation is 2. The maximum Gasteiger partial charge on any atom is 0.158 e. The highest BCUT2D eigenvalue weighted by molar-refractivity contribution is 7.09. The predicted octanol–water partition coefficient (Wildman–Crippen LogP) is 3.32. The SMILES string of the molecule is Cc1cnc(-c2nccnc2[C@H]2CCCN(Cc3scnc3C)C2)[nH]1. The number of hydrogen-bond acceptors (Lipinski definition) is 6. The molecule has 1 atom stereocenters. The van der Waals surface area contributed by atoms with Crippen LogP contribution in [0.5, 0.6) is 0 Å². The molecule has 1 aliphatic heterocycles. The molecule has 0 spiro atoms. The van der Waals surface area contributed by atoms with Gasteiger partial charge in [0.05, 0.1) is 16.9 Å². The van der Waals surface area contributed by atoms with E-state index in [-0.39, 0.29) is 0 Å². The minimum absolute atomic E-state index is 0.385. The summed E-state index contributed by atoms with van der Waals surface area (Å²) in [4.78, 5) is 25.2. The third-order valence-corrected chi connectivity index (χ3v) is 5.68. The van der Waals surface area contributed by atoms with E-state index in [0.29, 0.717) is 5.92 Å². The molecular formula is C18H22N6S. The molecule has 7 heteroatoms. The lowest BCUT2D eigenvalue weighted by molar-refractivity contribution is 0.199. The number of H-pyrrole nitrogens is 1. The van der Waals surface area contributed by atoms with Crippen LogP contribution in [0.1, 0.15) is 40.7 Å². The molecule has 0 radical (unpaired) electrons. The molecule has 4 heterocycles. The minimum atomic E-state index is 0.385. The normalized spacial score (nSPS) is 18.6. The topological polar surface area (TPSA) is 70.6 Å². The van der Waals surface area contributed by atoms with E-state index in [1.165, 1.54) is 11.3 Å². The van der Waals surface area contributed by atoms with Gasteiger partial charge in [-0.1, -0.05) is 0 Å². The smallest absolute Gasteiger partial charge is 0.158 e. The number of likely N-dealkylation sites (tertiary alicyclic amines) is 1. The molecule has 0 saturated carbocycles. The Morgan fingerprint density at radius 3 is 2.84 bits per heavy atom. The fraction of sp³-hybridized carbons (Fsp3) is 0.444. The van der Waals surface area contributed by atoms with Gasteiger partial charge in [-0.05, 0) is 33.2 Å². The number of aromatic nitrogens is 5. The van der Waals surface area contributed by atoms with Crippen LogP contribution in [-0.2, 0) is 6.54 Å². The standard InChI is InChI=1S/C18H22N6S/c1-12-8-21-18(23-12)17-16(19-5-6-20-17)14-4-3-7-24(9-14)10-15-13(2)22-11-25-15/h5-6,8,11,14H,3-4,7,9-10H2,1-2H3,(H,21,23)/t14-/m0/s1. The van der Waals surface area contributed by atoms with Crippen molar-refractivity contribution in [3.63, 3.8) is 0 Å². The van der Waals surface area contributed by atoms with Crippen LogP contribution < -0.4 is 0 Å². The molecule has 3 aromatic heterocycles. The van der Waals surface area contributed by atoms with Gasteiger partial charge in [-0.2, -0.15) is 0 Å². The summed E-state index contributed by atoms with van der Waals surface area (Å²) < 4.78 is 0. The first kappa shape index (κ1) is 16.4. The summed E-state index contributed by atoms with van der Waals surface area (Å²) in [5.41, 5.74) is 6.07. The Hall–Kier alpha value is -2.12. The second-order valence-electron chi connectivity index (χ2n) is 6.64. The van der Waals surface area contributed by atoms with Crippen molar-refractivity contribution in [2.24, 2.45) is 0 Å². The number of imidazole rings is 1. The van der Waals surface area contributed by atoms with E-state index in [9.17, 15) is 0 Å². The lowest BCUT2D eigenvalue weighted by Crippen LogP contribution is -2.34. The van der Waals surface area contributed by atoms with Gasteiger partial charge in [-0.15, -0.1) is 11.3 Å². The van der Waals surface area contributed by atoms with E-state index in [1.807, 2.05) is 18.6 Å². The first-order chi connectivity index (χ1) is 12.2. The molecule has 0 bridgehead atoms. The third kappa shape index (κ3) is 3.48. The molecule has 1 fully saturated rings. The van der Waals surface area contributed by atoms with Crippen molar-refractivity contribution < 1.29 is 0 Å². The van der Waals surface area contributed by atoms with Crippen molar-refractivity contribution in [1.82, 2.24) is 29.8 Å². The number of hydrogen-bond donors (Lipinski definition) is 1. The van der Waals surface area contributed by atoms with Gasteiger partial charge in [0.15, 0.2) is 5.82 Å². The first-order valence-electron chi connectivity index (χ1n) is 8.65. The van der Waals surface area contributed by atoms with Crippen LogP contribution in [0.2, 0.25) is 0 Å². The molecule has 25 heavy (non-hydrogen) atoms. The quantitative estimate of drug-likeness (QED) is 0.778. The van der Waals surface area contributed by atoms with Crippen molar-refractivity contribution in [1.29, 1.82) is 0 Å². The van der Waals surface area contributed by atoms with E-state index < -0.39 is 0 Å². The number of nitrogens with zero attached hydrogens (tertiary/aromatic N) is 5. The highest BCUT2D eigenvalue weighted by atomic mass is 32.1. The Kier molecular flexibility index (Phi) is 4.59. The van der Waals surface area contributed by atoms with Crippen LogP contribution in [0.4, 0.5) is 0 Å². The van der Waals surface area contributed by atoms with Gasteiger partial charge in [0.1, 0.15) is 5.69 Å².